The van der Waals surface area contributed by atoms with Gasteiger partial charge in [-0.15, -0.1) is 11.3 Å². The molecule has 2 heterocycles. The first-order valence-electron chi connectivity index (χ1n) is 10.4. The van der Waals surface area contributed by atoms with Gasteiger partial charge in [0.1, 0.15) is 0 Å². The summed E-state index contributed by atoms with van der Waals surface area (Å²) in [4.78, 5) is 22.1. The molecule has 146 valence electrons. The van der Waals surface area contributed by atoms with Crippen LogP contribution in [-0.2, 0) is 4.79 Å². The molecule has 0 bridgehead atoms. The van der Waals surface area contributed by atoms with E-state index in [-0.39, 0.29) is 0 Å². The largest absolute Gasteiger partial charge is 0.342 e. The summed E-state index contributed by atoms with van der Waals surface area (Å²) < 4.78 is 1.27. The fraction of sp³-hybridized carbons (Fsp3) is 0.636. The van der Waals surface area contributed by atoms with E-state index in [1.807, 2.05) is 23.3 Å². The number of nitrogens with zero attached hydrogens (tertiary/aromatic N) is 3. The average molecular weight is 386 g/mol. The van der Waals surface area contributed by atoms with E-state index in [1.165, 1.54) is 29.0 Å². The zero-order chi connectivity index (χ0) is 18.8. The number of rotatable bonds is 4. The number of benzene rings is 1. The molecule has 4 nitrogen and oxygen atoms in total. The van der Waals surface area contributed by atoms with Crippen molar-refractivity contribution in [1.82, 2.24) is 14.8 Å². The van der Waals surface area contributed by atoms with Crippen molar-refractivity contribution < 1.29 is 4.79 Å². The zero-order valence-electron chi connectivity index (χ0n) is 16.6. The molecule has 1 unspecified atom stereocenters. The van der Waals surface area contributed by atoms with Gasteiger partial charge < -0.3 is 4.90 Å². The third-order valence-corrected chi connectivity index (χ3v) is 7.65. The SMILES string of the molecule is CC1CCC(N(C)C(=O)CN2CCCC(c3nc4ccccc4s3)C2)CC1. The number of fused-ring (bicyclic) bond motifs is 1. The van der Waals surface area contributed by atoms with Gasteiger partial charge in [0.25, 0.3) is 0 Å². The predicted octanol–water partition coefficient (Wildman–Crippen LogP) is 4.51. The first kappa shape index (κ1) is 18.9. The Morgan fingerprint density at radius 3 is 2.78 bits per heavy atom. The number of likely N-dealkylation sites (N-methyl/N-ethyl adjacent to an activating group) is 1. The van der Waals surface area contributed by atoms with E-state index in [2.05, 4.69) is 36.1 Å². The van der Waals surface area contributed by atoms with Gasteiger partial charge >= 0.3 is 0 Å². The highest BCUT2D eigenvalue weighted by atomic mass is 32.1. The van der Waals surface area contributed by atoms with Crippen LogP contribution in [0.5, 0.6) is 0 Å². The molecule has 2 aliphatic rings. The first-order chi connectivity index (χ1) is 13.1. The van der Waals surface area contributed by atoms with Crippen molar-refractivity contribution in [2.45, 2.75) is 57.4 Å². The van der Waals surface area contributed by atoms with E-state index in [0.29, 0.717) is 24.4 Å². The summed E-state index contributed by atoms with van der Waals surface area (Å²) >= 11 is 1.82. The summed E-state index contributed by atoms with van der Waals surface area (Å²) in [7, 11) is 2.01. The quantitative estimate of drug-likeness (QED) is 0.777. The van der Waals surface area contributed by atoms with Crippen molar-refractivity contribution in [1.29, 1.82) is 0 Å². The number of carbonyl (C=O) groups is 1. The van der Waals surface area contributed by atoms with Crippen molar-refractivity contribution in [2.75, 3.05) is 26.7 Å². The summed E-state index contributed by atoms with van der Waals surface area (Å²) in [6, 6.07) is 8.83. The first-order valence-corrected chi connectivity index (χ1v) is 11.3. The molecule has 4 rings (SSSR count). The number of para-hydroxylation sites is 1. The van der Waals surface area contributed by atoms with Crippen LogP contribution in [0, 0.1) is 5.92 Å². The van der Waals surface area contributed by atoms with Crippen LogP contribution in [0.1, 0.15) is 56.4 Å². The maximum absolute atomic E-state index is 12.8. The monoisotopic (exact) mass is 385 g/mol. The van der Waals surface area contributed by atoms with Crippen LogP contribution in [0.4, 0.5) is 0 Å². The lowest BCUT2D eigenvalue weighted by Gasteiger charge is -2.36. The van der Waals surface area contributed by atoms with Crippen molar-refractivity contribution in [3.8, 4) is 0 Å². The third kappa shape index (κ3) is 4.35. The molecule has 1 atom stereocenters. The number of hydrogen-bond acceptors (Lipinski definition) is 4. The number of likely N-dealkylation sites (tertiary alicyclic amines) is 1. The second-order valence-electron chi connectivity index (χ2n) is 8.51. The fourth-order valence-electron chi connectivity index (χ4n) is 4.60. The van der Waals surface area contributed by atoms with Gasteiger partial charge in [0.05, 0.1) is 21.8 Å². The Balaban J connectivity index is 1.36. The van der Waals surface area contributed by atoms with E-state index in [1.54, 1.807) is 0 Å². The van der Waals surface area contributed by atoms with Crippen molar-refractivity contribution in [3.63, 3.8) is 0 Å². The van der Waals surface area contributed by atoms with Crippen molar-refractivity contribution in [2.24, 2.45) is 5.92 Å². The Hall–Kier alpha value is -1.46. The average Bonchev–Trinajstić information content (AvgIpc) is 3.12. The molecule has 5 heteroatoms. The zero-order valence-corrected chi connectivity index (χ0v) is 17.4. The van der Waals surface area contributed by atoms with Crippen LogP contribution in [0.3, 0.4) is 0 Å². The minimum Gasteiger partial charge on any atom is -0.342 e. The second kappa shape index (κ2) is 8.27. The molecular weight excluding hydrogens is 354 g/mol. The Kier molecular flexibility index (Phi) is 5.79. The minimum atomic E-state index is 0.291. The number of thiazole rings is 1. The van der Waals surface area contributed by atoms with Crippen LogP contribution in [0.25, 0.3) is 10.2 Å². The highest BCUT2D eigenvalue weighted by Crippen LogP contribution is 2.33. The molecule has 1 amide bonds. The fourth-order valence-corrected chi connectivity index (χ4v) is 5.69. The molecular formula is C22H31N3OS. The van der Waals surface area contributed by atoms with Crippen LogP contribution in [0.15, 0.2) is 24.3 Å². The maximum atomic E-state index is 12.8. The number of amides is 1. The highest BCUT2D eigenvalue weighted by Gasteiger charge is 2.29. The lowest BCUT2D eigenvalue weighted by Crippen LogP contribution is -2.46. The Bertz CT molecular complexity index is 748. The van der Waals surface area contributed by atoms with E-state index in [0.717, 1.165) is 43.8 Å². The van der Waals surface area contributed by atoms with Gasteiger partial charge in [-0.3, -0.25) is 9.69 Å². The summed E-state index contributed by atoms with van der Waals surface area (Å²) in [6.07, 6.45) is 7.17. The summed E-state index contributed by atoms with van der Waals surface area (Å²) in [5.41, 5.74) is 1.11. The molecule has 1 aromatic carbocycles. The second-order valence-corrected chi connectivity index (χ2v) is 9.57. The van der Waals surface area contributed by atoms with Gasteiger partial charge in [-0.05, 0) is 63.1 Å². The van der Waals surface area contributed by atoms with Crippen LogP contribution in [0.2, 0.25) is 0 Å². The summed E-state index contributed by atoms with van der Waals surface area (Å²) in [6.45, 7) is 4.88. The molecule has 0 N–H and O–H groups in total. The minimum absolute atomic E-state index is 0.291. The number of carbonyl (C=O) groups excluding carboxylic acids is 1. The topological polar surface area (TPSA) is 36.4 Å². The third-order valence-electron chi connectivity index (χ3n) is 6.45. The molecule has 1 saturated heterocycles. The van der Waals surface area contributed by atoms with Gasteiger partial charge in [-0.1, -0.05) is 19.1 Å². The normalized spacial score (nSPS) is 27.0. The van der Waals surface area contributed by atoms with Crippen molar-refractivity contribution >= 4 is 27.5 Å². The summed E-state index contributed by atoms with van der Waals surface area (Å²) in [5.74, 6) is 1.57. The van der Waals surface area contributed by atoms with Crippen molar-refractivity contribution in [3.05, 3.63) is 29.3 Å². The standard InChI is InChI=1S/C22H31N3OS/c1-16-9-11-18(12-10-16)24(2)21(26)15-25-13-5-6-17(14-25)22-23-19-7-3-4-8-20(19)27-22/h3-4,7-8,16-18H,5-6,9-15H2,1-2H3. The molecule has 1 aromatic heterocycles. The summed E-state index contributed by atoms with van der Waals surface area (Å²) in [5, 5.41) is 1.24. The highest BCUT2D eigenvalue weighted by molar-refractivity contribution is 7.18. The molecule has 0 spiro atoms. The van der Waals surface area contributed by atoms with Gasteiger partial charge in [-0.2, -0.15) is 0 Å². The van der Waals surface area contributed by atoms with Gasteiger partial charge in [0.2, 0.25) is 5.91 Å². The predicted molar refractivity (Wildman–Crippen MR) is 112 cm³/mol. The molecule has 27 heavy (non-hydrogen) atoms. The molecule has 1 aliphatic heterocycles. The smallest absolute Gasteiger partial charge is 0.236 e. The van der Waals surface area contributed by atoms with Gasteiger partial charge in [-0.25, -0.2) is 4.98 Å². The van der Waals surface area contributed by atoms with Gasteiger partial charge in [0, 0.05) is 25.6 Å². The lowest BCUT2D eigenvalue weighted by atomic mass is 9.87. The number of aromatic nitrogens is 1. The molecule has 0 radical (unpaired) electrons. The van der Waals surface area contributed by atoms with Crippen LogP contribution < -0.4 is 0 Å². The molecule has 1 aliphatic carbocycles. The van der Waals surface area contributed by atoms with Gasteiger partial charge in [0.15, 0.2) is 0 Å². The van der Waals surface area contributed by atoms with E-state index in [4.69, 9.17) is 4.98 Å². The number of hydrogen-bond donors (Lipinski definition) is 0. The van der Waals surface area contributed by atoms with Crippen LogP contribution in [-0.4, -0.2) is 53.4 Å². The van der Waals surface area contributed by atoms with Crippen LogP contribution >= 0.6 is 11.3 Å². The Morgan fingerprint density at radius 1 is 1.22 bits per heavy atom. The van der Waals surface area contributed by atoms with E-state index in [9.17, 15) is 4.79 Å². The van der Waals surface area contributed by atoms with E-state index >= 15 is 0 Å². The molecule has 1 saturated carbocycles. The molecule has 2 fully saturated rings. The Morgan fingerprint density at radius 2 is 2.00 bits per heavy atom. The maximum Gasteiger partial charge on any atom is 0.236 e. The lowest BCUT2D eigenvalue weighted by molar-refractivity contribution is -0.134. The molecule has 2 aromatic rings. The number of piperidine rings is 1. The van der Waals surface area contributed by atoms with E-state index < -0.39 is 0 Å². The Labute approximate surface area is 166 Å².